The largest absolute Gasteiger partial charge is 0.269 e. The maximum Gasteiger partial charge on any atom is 0.269 e. The molecule has 1 aliphatic rings. The summed E-state index contributed by atoms with van der Waals surface area (Å²) in [4.78, 5) is 9.90. The van der Waals surface area contributed by atoms with E-state index in [-0.39, 0.29) is 21.0 Å². The van der Waals surface area contributed by atoms with Gasteiger partial charge in [0, 0.05) is 12.1 Å². The van der Waals surface area contributed by atoms with Crippen LogP contribution in [0.4, 0.5) is 5.69 Å². The van der Waals surface area contributed by atoms with Gasteiger partial charge in [0.15, 0.2) is 19.7 Å². The van der Waals surface area contributed by atoms with Crippen molar-refractivity contribution >= 4 is 25.4 Å². The second-order valence-corrected chi connectivity index (χ2v) is 9.24. The summed E-state index contributed by atoms with van der Waals surface area (Å²) < 4.78 is 49.7. The van der Waals surface area contributed by atoms with Crippen LogP contribution in [0.5, 0.6) is 0 Å². The molecule has 9 heteroatoms. The van der Waals surface area contributed by atoms with Crippen LogP contribution in [0.25, 0.3) is 0 Å². The van der Waals surface area contributed by atoms with Gasteiger partial charge in [-0.25, -0.2) is 16.8 Å². The van der Waals surface area contributed by atoms with Gasteiger partial charge in [-0.1, -0.05) is 18.2 Å². The van der Waals surface area contributed by atoms with E-state index in [2.05, 4.69) is 0 Å². The molecule has 1 unspecified atom stereocenters. The van der Waals surface area contributed by atoms with Gasteiger partial charge in [-0.05, 0) is 23.8 Å². The zero-order valence-corrected chi connectivity index (χ0v) is 13.2. The van der Waals surface area contributed by atoms with E-state index in [1.54, 1.807) is 6.07 Å². The molecule has 0 bridgehead atoms. The van der Waals surface area contributed by atoms with Gasteiger partial charge in [0.05, 0.1) is 20.5 Å². The van der Waals surface area contributed by atoms with Crippen molar-refractivity contribution in [2.45, 2.75) is 15.0 Å². The van der Waals surface area contributed by atoms with Crippen molar-refractivity contribution in [2.75, 3.05) is 5.75 Å². The third kappa shape index (κ3) is 2.51. The summed E-state index contributed by atoms with van der Waals surface area (Å²) in [7, 11) is -7.62. The highest BCUT2D eigenvalue weighted by atomic mass is 32.2. The van der Waals surface area contributed by atoms with Crippen LogP contribution in [-0.2, 0) is 19.7 Å². The minimum Gasteiger partial charge on any atom is -0.258 e. The molecule has 0 radical (unpaired) electrons. The van der Waals surface area contributed by atoms with Gasteiger partial charge in [0.1, 0.15) is 5.25 Å². The molecule has 0 saturated heterocycles. The molecular formula is C14H11NO6S2. The lowest BCUT2D eigenvalue weighted by Crippen LogP contribution is -2.15. The minimum atomic E-state index is -3.97. The van der Waals surface area contributed by atoms with Crippen molar-refractivity contribution in [1.29, 1.82) is 0 Å². The predicted molar refractivity (Wildman–Crippen MR) is 81.5 cm³/mol. The molecule has 0 spiro atoms. The molecule has 2 aromatic carbocycles. The molecule has 0 aromatic heterocycles. The lowest BCUT2D eigenvalue weighted by Gasteiger charge is -2.11. The van der Waals surface area contributed by atoms with Gasteiger partial charge in [-0.2, -0.15) is 0 Å². The summed E-state index contributed by atoms with van der Waals surface area (Å²) in [5.74, 6) is -0.522. The molecule has 23 heavy (non-hydrogen) atoms. The second-order valence-electron chi connectivity index (χ2n) is 5.10. The zero-order valence-electron chi connectivity index (χ0n) is 11.6. The number of nitro benzene ring substituents is 1. The predicted octanol–water partition coefficient (Wildman–Crippen LogP) is 1.90. The summed E-state index contributed by atoms with van der Waals surface area (Å²) >= 11 is 0. The number of benzene rings is 2. The second kappa shape index (κ2) is 5.14. The number of fused-ring (bicyclic) bond motifs is 1. The highest BCUT2D eigenvalue weighted by Crippen LogP contribution is 2.40. The Balaban J connectivity index is 2.10. The molecule has 1 atom stereocenters. The van der Waals surface area contributed by atoms with Crippen LogP contribution < -0.4 is 0 Å². The summed E-state index contributed by atoms with van der Waals surface area (Å²) in [5.41, 5.74) is 0.00856. The molecule has 0 aliphatic carbocycles. The first kappa shape index (κ1) is 15.6. The Hall–Kier alpha value is -2.26. The first-order valence-corrected chi connectivity index (χ1v) is 9.73. The van der Waals surface area contributed by atoms with E-state index in [1.165, 1.54) is 18.2 Å². The van der Waals surface area contributed by atoms with Gasteiger partial charge in [-0.3, -0.25) is 10.1 Å². The Morgan fingerprint density at radius 1 is 1.04 bits per heavy atom. The lowest BCUT2D eigenvalue weighted by atomic mass is 10.2. The van der Waals surface area contributed by atoms with E-state index in [4.69, 9.17) is 0 Å². The Kier molecular flexibility index (Phi) is 3.49. The van der Waals surface area contributed by atoms with Crippen LogP contribution in [0.15, 0.2) is 58.3 Å². The number of rotatable bonds is 3. The Bertz CT molecular complexity index is 994. The summed E-state index contributed by atoms with van der Waals surface area (Å²) in [6.45, 7) is 0. The van der Waals surface area contributed by atoms with Crippen molar-refractivity contribution in [2.24, 2.45) is 0 Å². The molecule has 7 nitrogen and oxygen atoms in total. The average molecular weight is 353 g/mol. The maximum atomic E-state index is 12.7. The third-order valence-electron chi connectivity index (χ3n) is 3.72. The number of nitro groups is 1. The Labute approximate surface area is 132 Å². The summed E-state index contributed by atoms with van der Waals surface area (Å²) in [5, 5.41) is 9.44. The molecule has 0 saturated carbocycles. The normalized spacial score (nSPS) is 19.2. The molecular weight excluding hydrogens is 342 g/mol. The number of non-ortho nitro benzene ring substituents is 1. The fraction of sp³-hybridized carbons (Fsp3) is 0.143. The standard InChI is InChI=1S/C14H11NO6S2/c16-15(17)10-5-7-11(8-6-10)23(20,21)14-9-22(18,19)13-4-2-1-3-12(13)14/h1-8,14H,9H2. The maximum absolute atomic E-state index is 12.7. The van der Waals surface area contributed by atoms with Gasteiger partial charge in [-0.15, -0.1) is 0 Å². The van der Waals surface area contributed by atoms with Gasteiger partial charge in [0.25, 0.3) is 5.69 Å². The first-order chi connectivity index (χ1) is 10.7. The topological polar surface area (TPSA) is 111 Å². The number of sulfone groups is 2. The third-order valence-corrected chi connectivity index (χ3v) is 7.85. The fourth-order valence-electron chi connectivity index (χ4n) is 2.59. The molecule has 0 N–H and O–H groups in total. The lowest BCUT2D eigenvalue weighted by molar-refractivity contribution is -0.384. The van der Waals surface area contributed by atoms with Crippen LogP contribution in [0.3, 0.4) is 0 Å². The zero-order chi connectivity index (χ0) is 16.8. The highest BCUT2D eigenvalue weighted by Gasteiger charge is 2.42. The van der Waals surface area contributed by atoms with Crippen LogP contribution in [0.2, 0.25) is 0 Å². The quantitative estimate of drug-likeness (QED) is 0.615. The first-order valence-electron chi connectivity index (χ1n) is 6.53. The highest BCUT2D eigenvalue weighted by molar-refractivity contribution is 7.96. The van der Waals surface area contributed by atoms with Crippen LogP contribution in [-0.4, -0.2) is 27.5 Å². The smallest absolute Gasteiger partial charge is 0.258 e. The van der Waals surface area contributed by atoms with E-state index in [1.807, 2.05) is 0 Å². The minimum absolute atomic E-state index is 0.0236. The summed E-state index contributed by atoms with van der Waals surface area (Å²) in [6.07, 6.45) is 0. The number of hydrogen-bond donors (Lipinski definition) is 0. The Morgan fingerprint density at radius 2 is 1.65 bits per heavy atom. The number of hydrogen-bond acceptors (Lipinski definition) is 6. The van der Waals surface area contributed by atoms with Gasteiger partial charge < -0.3 is 0 Å². The van der Waals surface area contributed by atoms with Crippen molar-refractivity contribution in [3.8, 4) is 0 Å². The molecule has 120 valence electrons. The molecule has 3 rings (SSSR count). The van der Waals surface area contributed by atoms with E-state index in [0.29, 0.717) is 0 Å². The fourth-order valence-corrected chi connectivity index (χ4v) is 6.91. The SMILES string of the molecule is O=[N+]([O-])c1ccc(S(=O)(=O)C2CS(=O)(=O)c3ccccc32)cc1. The van der Waals surface area contributed by atoms with Crippen molar-refractivity contribution in [1.82, 2.24) is 0 Å². The molecule has 1 aliphatic heterocycles. The summed E-state index contributed by atoms with van der Waals surface area (Å²) in [6, 6.07) is 10.4. The number of nitrogens with zero attached hydrogens (tertiary/aromatic N) is 1. The van der Waals surface area contributed by atoms with E-state index < -0.39 is 35.6 Å². The molecule has 0 fully saturated rings. The molecule has 1 heterocycles. The monoisotopic (exact) mass is 353 g/mol. The molecule has 0 amide bonds. The van der Waals surface area contributed by atoms with Crippen molar-refractivity contribution in [3.63, 3.8) is 0 Å². The van der Waals surface area contributed by atoms with Crippen LogP contribution >= 0.6 is 0 Å². The van der Waals surface area contributed by atoms with Crippen LogP contribution in [0, 0.1) is 10.1 Å². The van der Waals surface area contributed by atoms with Crippen LogP contribution in [0.1, 0.15) is 10.8 Å². The van der Waals surface area contributed by atoms with E-state index in [0.717, 1.165) is 24.3 Å². The van der Waals surface area contributed by atoms with E-state index in [9.17, 15) is 26.9 Å². The average Bonchev–Trinajstić information content (AvgIpc) is 2.80. The van der Waals surface area contributed by atoms with Crippen molar-refractivity contribution < 1.29 is 21.8 Å². The van der Waals surface area contributed by atoms with E-state index >= 15 is 0 Å². The van der Waals surface area contributed by atoms with Crippen molar-refractivity contribution in [3.05, 3.63) is 64.2 Å². The Morgan fingerprint density at radius 3 is 2.26 bits per heavy atom. The van der Waals surface area contributed by atoms with Gasteiger partial charge >= 0.3 is 0 Å². The van der Waals surface area contributed by atoms with Gasteiger partial charge in [0.2, 0.25) is 0 Å². The molecule has 2 aromatic rings.